The first kappa shape index (κ1) is 6.49. The molecule has 10 heavy (non-hydrogen) atoms. The standard InChI is InChI=1S/C6H6N4/c1-8-5-3-9-6(2-7)10-4-5/h3-4,8H,1H3. The molecule has 4 nitrogen and oxygen atoms in total. The van der Waals surface area contributed by atoms with E-state index in [1.165, 1.54) is 0 Å². The van der Waals surface area contributed by atoms with Gasteiger partial charge in [0.05, 0.1) is 18.1 Å². The molecule has 1 rings (SSSR count). The number of aromatic nitrogens is 2. The first-order chi connectivity index (χ1) is 4.86. The van der Waals surface area contributed by atoms with Gasteiger partial charge in [-0.05, 0) is 0 Å². The number of hydrogen-bond acceptors (Lipinski definition) is 4. The zero-order valence-electron chi connectivity index (χ0n) is 5.50. The number of nitrogens with zero attached hydrogens (tertiary/aromatic N) is 3. The van der Waals surface area contributed by atoms with Crippen molar-refractivity contribution < 1.29 is 0 Å². The Balaban J connectivity index is 2.93. The summed E-state index contributed by atoms with van der Waals surface area (Å²) >= 11 is 0. The highest BCUT2D eigenvalue weighted by molar-refractivity contribution is 5.37. The van der Waals surface area contributed by atoms with Crippen LogP contribution in [-0.4, -0.2) is 17.0 Å². The molecule has 0 aliphatic rings. The molecule has 0 aromatic carbocycles. The largest absolute Gasteiger partial charge is 0.386 e. The molecule has 0 saturated heterocycles. The monoisotopic (exact) mass is 134 g/mol. The van der Waals surface area contributed by atoms with E-state index in [-0.39, 0.29) is 5.82 Å². The van der Waals surface area contributed by atoms with Crippen LogP contribution in [0.3, 0.4) is 0 Å². The lowest BCUT2D eigenvalue weighted by molar-refractivity contribution is 1.11. The Morgan fingerprint density at radius 1 is 1.50 bits per heavy atom. The van der Waals surface area contributed by atoms with Crippen LogP contribution in [0.25, 0.3) is 0 Å². The van der Waals surface area contributed by atoms with Crippen molar-refractivity contribution >= 4 is 5.69 Å². The Morgan fingerprint density at radius 3 is 2.50 bits per heavy atom. The molecule has 50 valence electrons. The quantitative estimate of drug-likeness (QED) is 0.603. The molecule has 0 bridgehead atoms. The summed E-state index contributed by atoms with van der Waals surface area (Å²) in [5, 5.41) is 11.1. The minimum Gasteiger partial charge on any atom is -0.386 e. The van der Waals surface area contributed by atoms with Crippen molar-refractivity contribution in [3.05, 3.63) is 18.2 Å². The van der Waals surface area contributed by atoms with Gasteiger partial charge in [-0.3, -0.25) is 0 Å². The third-order valence-electron chi connectivity index (χ3n) is 1.04. The molecule has 0 fully saturated rings. The number of hydrogen-bond donors (Lipinski definition) is 1. The molecular weight excluding hydrogens is 128 g/mol. The summed E-state index contributed by atoms with van der Waals surface area (Å²) < 4.78 is 0. The van der Waals surface area contributed by atoms with Crippen molar-refractivity contribution in [2.24, 2.45) is 0 Å². The lowest BCUT2D eigenvalue weighted by Crippen LogP contribution is -1.92. The molecule has 0 saturated carbocycles. The minimum absolute atomic E-state index is 0.194. The van der Waals surface area contributed by atoms with Gasteiger partial charge in [-0.1, -0.05) is 0 Å². The zero-order chi connectivity index (χ0) is 7.40. The van der Waals surface area contributed by atoms with E-state index in [2.05, 4.69) is 15.3 Å². The van der Waals surface area contributed by atoms with Crippen LogP contribution < -0.4 is 5.32 Å². The molecule has 0 aliphatic carbocycles. The van der Waals surface area contributed by atoms with Crippen LogP contribution >= 0.6 is 0 Å². The predicted octanol–water partition coefficient (Wildman–Crippen LogP) is 0.390. The first-order valence-electron chi connectivity index (χ1n) is 2.76. The average Bonchev–Trinajstić information content (AvgIpc) is 2.05. The normalized spacial score (nSPS) is 8.40. The van der Waals surface area contributed by atoms with E-state index in [0.29, 0.717) is 0 Å². The smallest absolute Gasteiger partial charge is 0.232 e. The third-order valence-corrected chi connectivity index (χ3v) is 1.04. The van der Waals surface area contributed by atoms with Crippen LogP contribution in [0.4, 0.5) is 5.69 Å². The third kappa shape index (κ3) is 1.20. The molecule has 0 atom stereocenters. The number of rotatable bonds is 1. The summed E-state index contributed by atoms with van der Waals surface area (Å²) in [5.74, 6) is 0.194. The van der Waals surface area contributed by atoms with E-state index in [1.807, 2.05) is 6.07 Å². The molecule has 0 aliphatic heterocycles. The number of anilines is 1. The molecule has 4 heteroatoms. The second-order valence-electron chi connectivity index (χ2n) is 1.66. The predicted molar refractivity (Wildman–Crippen MR) is 36.3 cm³/mol. The van der Waals surface area contributed by atoms with Gasteiger partial charge >= 0.3 is 0 Å². The lowest BCUT2D eigenvalue weighted by Gasteiger charge is -1.94. The van der Waals surface area contributed by atoms with Crippen LogP contribution in [0, 0.1) is 11.3 Å². The first-order valence-corrected chi connectivity index (χ1v) is 2.76. The van der Waals surface area contributed by atoms with Crippen molar-refractivity contribution in [3.63, 3.8) is 0 Å². The van der Waals surface area contributed by atoms with Crippen molar-refractivity contribution in [1.82, 2.24) is 9.97 Å². The van der Waals surface area contributed by atoms with Crippen LogP contribution in [-0.2, 0) is 0 Å². The highest BCUT2D eigenvalue weighted by Gasteiger charge is 1.91. The molecule has 1 aromatic heterocycles. The number of nitriles is 1. The van der Waals surface area contributed by atoms with Crippen LogP contribution in [0.15, 0.2) is 12.4 Å². The Bertz CT molecular complexity index is 245. The summed E-state index contributed by atoms with van der Waals surface area (Å²) in [6, 6.07) is 1.83. The van der Waals surface area contributed by atoms with Crippen molar-refractivity contribution in [2.45, 2.75) is 0 Å². The fraction of sp³-hybridized carbons (Fsp3) is 0.167. The number of nitrogens with one attached hydrogen (secondary N) is 1. The van der Waals surface area contributed by atoms with E-state index < -0.39 is 0 Å². The minimum atomic E-state index is 0.194. The molecule has 1 heterocycles. The SMILES string of the molecule is CNc1cnc(C#N)nc1. The van der Waals surface area contributed by atoms with E-state index in [4.69, 9.17) is 5.26 Å². The second-order valence-corrected chi connectivity index (χ2v) is 1.66. The summed E-state index contributed by atoms with van der Waals surface area (Å²) in [6.45, 7) is 0. The van der Waals surface area contributed by atoms with Gasteiger partial charge in [-0.15, -0.1) is 0 Å². The Kier molecular flexibility index (Phi) is 1.80. The molecule has 0 unspecified atom stereocenters. The molecular formula is C6H6N4. The van der Waals surface area contributed by atoms with Crippen LogP contribution in [0.1, 0.15) is 5.82 Å². The van der Waals surface area contributed by atoms with E-state index in [0.717, 1.165) is 5.69 Å². The Morgan fingerprint density at radius 2 is 2.10 bits per heavy atom. The van der Waals surface area contributed by atoms with Crippen molar-refractivity contribution in [3.8, 4) is 6.07 Å². The average molecular weight is 134 g/mol. The van der Waals surface area contributed by atoms with Gasteiger partial charge in [-0.25, -0.2) is 9.97 Å². The molecule has 1 N–H and O–H groups in total. The van der Waals surface area contributed by atoms with E-state index in [9.17, 15) is 0 Å². The maximum atomic E-state index is 8.31. The van der Waals surface area contributed by atoms with Crippen LogP contribution in [0.5, 0.6) is 0 Å². The highest BCUT2D eigenvalue weighted by Crippen LogP contribution is 1.98. The van der Waals surface area contributed by atoms with E-state index in [1.54, 1.807) is 19.4 Å². The van der Waals surface area contributed by atoms with Gasteiger partial charge in [0.15, 0.2) is 0 Å². The molecule has 1 aromatic rings. The van der Waals surface area contributed by atoms with Gasteiger partial charge in [-0.2, -0.15) is 5.26 Å². The second kappa shape index (κ2) is 2.78. The summed E-state index contributed by atoms with van der Waals surface area (Å²) in [4.78, 5) is 7.47. The maximum absolute atomic E-state index is 8.31. The van der Waals surface area contributed by atoms with Gasteiger partial charge in [0, 0.05) is 7.05 Å². The summed E-state index contributed by atoms with van der Waals surface area (Å²) in [7, 11) is 1.77. The van der Waals surface area contributed by atoms with Crippen molar-refractivity contribution in [2.75, 3.05) is 12.4 Å². The molecule has 0 radical (unpaired) electrons. The Hall–Kier alpha value is -1.63. The zero-order valence-corrected chi connectivity index (χ0v) is 5.50. The molecule has 0 amide bonds. The summed E-state index contributed by atoms with van der Waals surface area (Å²) in [5.41, 5.74) is 0.805. The molecule has 0 spiro atoms. The fourth-order valence-corrected chi connectivity index (χ4v) is 0.515. The fourth-order valence-electron chi connectivity index (χ4n) is 0.515. The van der Waals surface area contributed by atoms with Gasteiger partial charge in [0.2, 0.25) is 5.82 Å². The maximum Gasteiger partial charge on any atom is 0.232 e. The van der Waals surface area contributed by atoms with Crippen molar-refractivity contribution in [1.29, 1.82) is 5.26 Å². The van der Waals surface area contributed by atoms with E-state index >= 15 is 0 Å². The summed E-state index contributed by atoms with van der Waals surface area (Å²) in [6.07, 6.45) is 3.12. The van der Waals surface area contributed by atoms with Crippen LogP contribution in [0.2, 0.25) is 0 Å². The lowest BCUT2D eigenvalue weighted by atomic mass is 10.5. The van der Waals surface area contributed by atoms with Gasteiger partial charge in [0.1, 0.15) is 6.07 Å². The topological polar surface area (TPSA) is 61.6 Å². The van der Waals surface area contributed by atoms with Gasteiger partial charge in [0.25, 0.3) is 0 Å². The highest BCUT2D eigenvalue weighted by atomic mass is 14.9. The Labute approximate surface area is 58.5 Å². The van der Waals surface area contributed by atoms with Gasteiger partial charge < -0.3 is 5.32 Å².